The van der Waals surface area contributed by atoms with E-state index in [2.05, 4.69) is 16.0 Å². The first kappa shape index (κ1) is 32.7. The topological polar surface area (TPSA) is 261 Å². The fourth-order valence-corrected chi connectivity index (χ4v) is 3.99. The lowest BCUT2D eigenvalue weighted by molar-refractivity contribution is -0.142. The highest BCUT2D eigenvalue weighted by atomic mass is 16.4. The molecule has 1 aromatic rings. The third-order valence-electron chi connectivity index (χ3n) is 6.43. The zero-order valence-electron chi connectivity index (χ0n) is 22.6. The minimum Gasteiger partial charge on any atom is -0.479 e. The van der Waals surface area contributed by atoms with Gasteiger partial charge < -0.3 is 47.6 Å². The number of carbonyl (C=O) groups is 5. The number of carbonyl (C=O) groups excluding carboxylic acids is 3. The Bertz CT molecular complexity index is 1170. The molecule has 2 rings (SSSR count). The number of nitrogens with zero attached hydrogens (tertiary/aromatic N) is 1. The van der Waals surface area contributed by atoms with Gasteiger partial charge in [0.15, 0.2) is 12.0 Å². The van der Waals surface area contributed by atoms with E-state index in [1.807, 2.05) is 6.08 Å². The van der Waals surface area contributed by atoms with Crippen LogP contribution in [0.4, 0.5) is 0 Å². The molecule has 0 spiro atoms. The van der Waals surface area contributed by atoms with Crippen LogP contribution in [-0.4, -0.2) is 93.7 Å². The second kappa shape index (κ2) is 15.3. The minimum atomic E-state index is -1.36. The first-order valence-corrected chi connectivity index (χ1v) is 12.9. The van der Waals surface area contributed by atoms with E-state index in [-0.39, 0.29) is 36.5 Å². The van der Waals surface area contributed by atoms with E-state index in [4.69, 9.17) is 22.0 Å². The van der Waals surface area contributed by atoms with E-state index in [0.29, 0.717) is 25.9 Å². The van der Waals surface area contributed by atoms with Gasteiger partial charge in [-0.15, -0.1) is 0 Å². The number of amides is 3. The summed E-state index contributed by atoms with van der Waals surface area (Å²) in [6, 6.07) is 1.54. The average molecular weight is 576 g/mol. The molecule has 1 heterocycles. The van der Waals surface area contributed by atoms with Crippen LogP contribution in [0.15, 0.2) is 35.9 Å². The Balaban J connectivity index is 1.87. The molecule has 0 fully saturated rings. The molecule has 3 amide bonds. The number of carboxylic acids is 2. The van der Waals surface area contributed by atoms with Crippen molar-refractivity contribution in [3.63, 3.8) is 0 Å². The van der Waals surface area contributed by atoms with Crippen molar-refractivity contribution in [3.8, 4) is 0 Å². The molecule has 0 saturated heterocycles. The molecule has 1 aliphatic rings. The summed E-state index contributed by atoms with van der Waals surface area (Å²) in [5.41, 5.74) is 12.2. The molecule has 41 heavy (non-hydrogen) atoms. The number of aromatic carboxylic acids is 1. The second-order valence-electron chi connectivity index (χ2n) is 9.67. The number of benzene rings is 1. The van der Waals surface area contributed by atoms with Crippen LogP contribution in [0.25, 0.3) is 0 Å². The number of rotatable bonds is 15. The van der Waals surface area contributed by atoms with E-state index in [9.17, 15) is 34.2 Å². The fourth-order valence-electron chi connectivity index (χ4n) is 3.99. The van der Waals surface area contributed by atoms with Gasteiger partial charge in [0.1, 0.15) is 12.1 Å². The monoisotopic (exact) mass is 575 g/mol. The first-order valence-electron chi connectivity index (χ1n) is 12.9. The van der Waals surface area contributed by atoms with Gasteiger partial charge in [-0.1, -0.05) is 23.8 Å². The molecule has 0 aromatic heterocycles. The highest BCUT2D eigenvalue weighted by Crippen LogP contribution is 2.16. The van der Waals surface area contributed by atoms with E-state index < -0.39 is 53.9 Å². The molecule has 0 bridgehead atoms. The van der Waals surface area contributed by atoms with E-state index in [0.717, 1.165) is 5.57 Å². The molecule has 4 atom stereocenters. The van der Waals surface area contributed by atoms with Gasteiger partial charge in [-0.3, -0.25) is 19.8 Å². The first-order chi connectivity index (χ1) is 19.3. The molecule has 15 heteroatoms. The Kier molecular flexibility index (Phi) is 12.2. The summed E-state index contributed by atoms with van der Waals surface area (Å²) in [7, 11) is 0. The molecule has 4 unspecified atom stereocenters. The smallest absolute Gasteiger partial charge is 0.335 e. The van der Waals surface area contributed by atoms with E-state index >= 15 is 0 Å². The number of nitrogens with one attached hydrogen (secondary N) is 4. The maximum Gasteiger partial charge on any atom is 0.335 e. The van der Waals surface area contributed by atoms with Crippen molar-refractivity contribution < 1.29 is 39.3 Å². The maximum atomic E-state index is 12.9. The summed E-state index contributed by atoms with van der Waals surface area (Å²) in [5.74, 6) is -4.32. The predicted molar refractivity (Wildman–Crippen MR) is 147 cm³/mol. The number of aliphatic hydroxyl groups excluding tert-OH is 1. The number of hydrogen-bond acceptors (Lipinski definition) is 8. The Morgan fingerprint density at radius 3 is 2.24 bits per heavy atom. The van der Waals surface area contributed by atoms with Gasteiger partial charge >= 0.3 is 11.9 Å². The highest BCUT2D eigenvalue weighted by Gasteiger charge is 2.28. The molecule has 15 nitrogen and oxygen atoms in total. The summed E-state index contributed by atoms with van der Waals surface area (Å²) in [4.78, 5) is 61.9. The zero-order valence-corrected chi connectivity index (χ0v) is 22.6. The van der Waals surface area contributed by atoms with Gasteiger partial charge in [0.2, 0.25) is 17.7 Å². The van der Waals surface area contributed by atoms with Crippen molar-refractivity contribution in [1.82, 2.24) is 20.9 Å². The number of aliphatic hydroxyl groups is 1. The SMILES string of the molecule is CC(O)C(N)C(=O)NC(CC1=CCN(C(=N)N)C1)C(=O)NCCCCC(=O)NC(C(=O)O)c1ccc(C(=O)O)cc1. The normalized spacial score (nSPS) is 15.6. The Morgan fingerprint density at radius 2 is 1.71 bits per heavy atom. The summed E-state index contributed by atoms with van der Waals surface area (Å²) in [5, 5.41) is 43.3. The third-order valence-corrected chi connectivity index (χ3v) is 6.43. The Hall–Kier alpha value is -4.50. The molecule has 1 aromatic carbocycles. The number of aliphatic carboxylic acids is 1. The van der Waals surface area contributed by atoms with Crippen molar-refractivity contribution in [3.05, 3.63) is 47.0 Å². The third kappa shape index (κ3) is 10.2. The van der Waals surface area contributed by atoms with Gasteiger partial charge in [0, 0.05) is 26.1 Å². The number of carboxylic acid groups (broad SMARTS) is 2. The average Bonchev–Trinajstić information content (AvgIpc) is 3.39. The zero-order chi connectivity index (χ0) is 30.7. The molecule has 1 aliphatic heterocycles. The molecular weight excluding hydrogens is 538 g/mol. The Labute approximate surface area is 236 Å². The van der Waals surface area contributed by atoms with Gasteiger partial charge in [0.25, 0.3) is 0 Å². The quantitative estimate of drug-likeness (QED) is 0.0510. The van der Waals surface area contributed by atoms with E-state index in [1.165, 1.54) is 31.2 Å². The molecule has 11 N–H and O–H groups in total. The van der Waals surface area contributed by atoms with Crippen LogP contribution in [-0.2, 0) is 19.2 Å². The molecular formula is C26H37N7O8. The van der Waals surface area contributed by atoms with Gasteiger partial charge in [0.05, 0.1) is 11.7 Å². The summed E-state index contributed by atoms with van der Waals surface area (Å²) >= 11 is 0. The molecule has 0 radical (unpaired) electrons. The minimum absolute atomic E-state index is 0.0168. The van der Waals surface area contributed by atoms with Crippen LogP contribution < -0.4 is 27.4 Å². The summed E-state index contributed by atoms with van der Waals surface area (Å²) in [6.45, 7) is 2.25. The summed E-state index contributed by atoms with van der Waals surface area (Å²) < 4.78 is 0. The van der Waals surface area contributed by atoms with Crippen LogP contribution in [0, 0.1) is 5.41 Å². The van der Waals surface area contributed by atoms with Gasteiger partial charge in [-0.2, -0.15) is 0 Å². The Morgan fingerprint density at radius 1 is 1.05 bits per heavy atom. The van der Waals surface area contributed by atoms with Crippen LogP contribution in [0.2, 0.25) is 0 Å². The van der Waals surface area contributed by atoms with E-state index in [1.54, 1.807) is 4.90 Å². The van der Waals surface area contributed by atoms with Crippen molar-refractivity contribution in [1.29, 1.82) is 5.41 Å². The standard InChI is InChI=1S/C26H37N7O8/c1-14(34)20(27)23(37)31-18(12-15-9-11-33(13-15)26(28)29)22(36)30-10-3-2-4-19(35)32-21(25(40)41)16-5-7-17(8-6-16)24(38)39/h5-9,14,18,20-21,34H,2-4,10-13,27H2,1H3,(H3,28,29)(H,30,36)(H,31,37)(H,32,35)(H,38,39)(H,40,41). The number of nitrogens with two attached hydrogens (primary N) is 2. The van der Waals surface area contributed by atoms with Crippen molar-refractivity contribution in [2.45, 2.75) is 56.8 Å². The van der Waals surface area contributed by atoms with Crippen molar-refractivity contribution >= 4 is 35.6 Å². The lowest BCUT2D eigenvalue weighted by Gasteiger charge is -2.23. The van der Waals surface area contributed by atoms with Gasteiger partial charge in [-0.05, 0) is 43.9 Å². The van der Waals surface area contributed by atoms with Crippen LogP contribution >= 0.6 is 0 Å². The van der Waals surface area contributed by atoms with Crippen molar-refractivity contribution in [2.75, 3.05) is 19.6 Å². The number of guanidine groups is 1. The summed E-state index contributed by atoms with van der Waals surface area (Å²) in [6.07, 6.45) is 1.49. The van der Waals surface area contributed by atoms with Crippen LogP contribution in [0.5, 0.6) is 0 Å². The second-order valence-corrected chi connectivity index (χ2v) is 9.67. The van der Waals surface area contributed by atoms with Crippen LogP contribution in [0.3, 0.4) is 0 Å². The molecule has 0 aliphatic carbocycles. The lowest BCUT2D eigenvalue weighted by atomic mass is 10.0. The molecule has 0 saturated carbocycles. The fraction of sp³-hybridized carbons (Fsp3) is 0.462. The number of unbranched alkanes of at least 4 members (excludes halogenated alkanes) is 1. The predicted octanol–water partition coefficient (Wildman–Crippen LogP) is -1.37. The van der Waals surface area contributed by atoms with Crippen molar-refractivity contribution in [2.24, 2.45) is 11.5 Å². The van der Waals surface area contributed by atoms with Crippen LogP contribution in [0.1, 0.15) is 54.6 Å². The lowest BCUT2D eigenvalue weighted by Crippen LogP contribution is -2.54. The van der Waals surface area contributed by atoms with Gasteiger partial charge in [-0.25, -0.2) is 9.59 Å². The molecule has 224 valence electrons. The largest absolute Gasteiger partial charge is 0.479 e. The highest BCUT2D eigenvalue weighted by molar-refractivity contribution is 5.90. The maximum absolute atomic E-state index is 12.9. The number of hydrogen-bond donors (Lipinski definition) is 9.